The fourth-order valence-corrected chi connectivity index (χ4v) is 1.33. The molecule has 0 amide bonds. The maximum atomic E-state index is 10.7. The number of esters is 1. The number of carbonyl (C=O) groups excluding carboxylic acids is 1. The van der Waals surface area contributed by atoms with E-state index in [1.165, 1.54) is 5.56 Å². The van der Waals surface area contributed by atoms with Gasteiger partial charge in [0.05, 0.1) is 0 Å². The Labute approximate surface area is 105 Å². The number of hydrogen-bond donors (Lipinski definition) is 0. The Bertz CT molecular complexity index is 285. The summed E-state index contributed by atoms with van der Waals surface area (Å²) >= 11 is 0. The molecule has 0 N–H and O–H groups in total. The fourth-order valence-electron chi connectivity index (χ4n) is 1.33. The van der Waals surface area contributed by atoms with E-state index in [0.29, 0.717) is 0 Å². The average molecular weight is 375 g/mol. The van der Waals surface area contributed by atoms with Gasteiger partial charge in [-0.25, -0.2) is 0 Å². The number of benzene rings is 1. The molecule has 0 unspecified atom stereocenters. The summed E-state index contributed by atoms with van der Waals surface area (Å²) < 4.78 is 5.05. The average Bonchev–Trinajstić information content (AvgIpc) is 2.17. The van der Waals surface area contributed by atoms with Crippen LogP contribution in [0, 0.1) is 6.92 Å². The molecule has 0 aliphatic heterocycles. The molecule has 0 aliphatic rings. The van der Waals surface area contributed by atoms with Crippen LogP contribution in [-0.2, 0) is 37.0 Å². The Kier molecular flexibility index (Phi) is 7.15. The molecule has 0 spiro atoms. The van der Waals surface area contributed by atoms with Gasteiger partial charge in [0.15, 0.2) is 5.97 Å². The van der Waals surface area contributed by atoms with Gasteiger partial charge in [-0.2, -0.15) is 0 Å². The first-order chi connectivity index (χ1) is 6.72. The molecule has 1 aromatic carbocycles. The maximum absolute atomic E-state index is 10.7. The van der Waals surface area contributed by atoms with Crippen LogP contribution in [-0.4, -0.2) is 12.1 Å². The third-order valence-electron chi connectivity index (χ3n) is 2.06. The second kappa shape index (κ2) is 7.53. The standard InChI is InChI=1S/C12H15O2.W/c1-3-12(14-10(2)13)9-11-7-5-4-6-8-11;/h4-8,12H,2-3,9H2,1H3;/q-1;/t12-;/m0./s1. The van der Waals surface area contributed by atoms with E-state index >= 15 is 0 Å². The van der Waals surface area contributed by atoms with E-state index in [2.05, 4.69) is 6.92 Å². The van der Waals surface area contributed by atoms with Crippen molar-refractivity contribution < 1.29 is 30.6 Å². The minimum absolute atomic E-state index is 0. The minimum Gasteiger partial charge on any atom is -0.485 e. The summed E-state index contributed by atoms with van der Waals surface area (Å²) in [5.74, 6) is -0.451. The van der Waals surface area contributed by atoms with Gasteiger partial charge in [0.2, 0.25) is 0 Å². The number of hydrogen-bond acceptors (Lipinski definition) is 2. The molecule has 2 nitrogen and oxygen atoms in total. The second-order valence-electron chi connectivity index (χ2n) is 3.21. The Morgan fingerprint density at radius 1 is 1.40 bits per heavy atom. The molecule has 1 rings (SSSR count). The predicted octanol–water partition coefficient (Wildman–Crippen LogP) is 2.38. The molecule has 82 valence electrons. The molecular weight excluding hydrogens is 360 g/mol. The maximum Gasteiger partial charge on any atom is 0.164 e. The van der Waals surface area contributed by atoms with E-state index < -0.39 is 5.97 Å². The van der Waals surface area contributed by atoms with Crippen molar-refractivity contribution in [2.24, 2.45) is 0 Å². The molecule has 0 fully saturated rings. The van der Waals surface area contributed by atoms with Crippen LogP contribution in [0.1, 0.15) is 18.9 Å². The van der Waals surface area contributed by atoms with E-state index in [9.17, 15) is 4.79 Å². The van der Waals surface area contributed by atoms with Gasteiger partial charge in [0.25, 0.3) is 0 Å². The molecule has 1 atom stereocenters. The van der Waals surface area contributed by atoms with E-state index in [1.807, 2.05) is 37.3 Å². The molecule has 15 heavy (non-hydrogen) atoms. The van der Waals surface area contributed by atoms with E-state index in [0.717, 1.165) is 12.8 Å². The number of ether oxygens (including phenoxy) is 1. The van der Waals surface area contributed by atoms with Crippen LogP contribution in [0.3, 0.4) is 0 Å². The van der Waals surface area contributed by atoms with Crippen molar-refractivity contribution in [3.05, 3.63) is 42.8 Å². The van der Waals surface area contributed by atoms with Crippen molar-refractivity contribution in [1.82, 2.24) is 0 Å². The predicted molar refractivity (Wildman–Crippen MR) is 55.7 cm³/mol. The summed E-state index contributed by atoms with van der Waals surface area (Å²) in [5, 5.41) is 0. The van der Waals surface area contributed by atoms with Gasteiger partial charge >= 0.3 is 0 Å². The quantitative estimate of drug-likeness (QED) is 0.597. The summed E-state index contributed by atoms with van der Waals surface area (Å²) in [6, 6.07) is 9.99. The fraction of sp³-hybridized carbons (Fsp3) is 0.333. The molecule has 0 saturated carbocycles. The molecule has 0 aromatic heterocycles. The van der Waals surface area contributed by atoms with Crippen molar-refractivity contribution >= 4 is 5.97 Å². The zero-order valence-corrected chi connectivity index (χ0v) is 11.7. The monoisotopic (exact) mass is 375 g/mol. The molecule has 0 bridgehead atoms. The first-order valence-corrected chi connectivity index (χ1v) is 4.79. The van der Waals surface area contributed by atoms with Gasteiger partial charge in [-0.15, -0.1) is 0 Å². The Balaban J connectivity index is 0.00000196. The van der Waals surface area contributed by atoms with Crippen molar-refractivity contribution in [2.45, 2.75) is 25.9 Å². The van der Waals surface area contributed by atoms with E-state index in [-0.39, 0.29) is 27.2 Å². The molecule has 1 aromatic rings. The van der Waals surface area contributed by atoms with Crippen LogP contribution >= 0.6 is 0 Å². The van der Waals surface area contributed by atoms with Gasteiger partial charge in [0, 0.05) is 27.5 Å². The van der Waals surface area contributed by atoms with Crippen molar-refractivity contribution in [3.63, 3.8) is 0 Å². The van der Waals surface area contributed by atoms with E-state index in [1.54, 1.807) is 0 Å². The third kappa shape index (κ3) is 5.63. The van der Waals surface area contributed by atoms with Gasteiger partial charge in [-0.1, -0.05) is 37.3 Å². The first-order valence-electron chi connectivity index (χ1n) is 4.79. The van der Waals surface area contributed by atoms with Crippen LogP contribution in [0.2, 0.25) is 0 Å². The molecule has 0 aliphatic carbocycles. The summed E-state index contributed by atoms with van der Waals surface area (Å²) in [7, 11) is 0. The zero-order valence-electron chi connectivity index (χ0n) is 8.81. The third-order valence-corrected chi connectivity index (χ3v) is 2.06. The van der Waals surface area contributed by atoms with Crippen LogP contribution in [0.15, 0.2) is 30.3 Å². The zero-order chi connectivity index (χ0) is 10.4. The Hall–Kier alpha value is -0.752. The molecule has 3 heteroatoms. The number of rotatable bonds is 4. The van der Waals surface area contributed by atoms with Crippen molar-refractivity contribution in [1.29, 1.82) is 0 Å². The largest absolute Gasteiger partial charge is 0.485 e. The van der Waals surface area contributed by atoms with Crippen LogP contribution < -0.4 is 0 Å². The molecular formula is C12H15O2W-. The summed E-state index contributed by atoms with van der Waals surface area (Å²) in [4.78, 5) is 10.7. The summed E-state index contributed by atoms with van der Waals surface area (Å²) in [6.45, 7) is 5.20. The van der Waals surface area contributed by atoms with Crippen molar-refractivity contribution in [3.8, 4) is 0 Å². The molecule has 0 heterocycles. The Morgan fingerprint density at radius 3 is 2.47 bits per heavy atom. The topological polar surface area (TPSA) is 26.3 Å². The minimum atomic E-state index is -0.451. The smallest absolute Gasteiger partial charge is 0.164 e. The normalized spacial score (nSPS) is 11.3. The molecule has 0 radical (unpaired) electrons. The summed E-state index contributed by atoms with van der Waals surface area (Å²) in [6.07, 6.45) is 1.52. The van der Waals surface area contributed by atoms with Crippen LogP contribution in [0.5, 0.6) is 0 Å². The van der Waals surface area contributed by atoms with Gasteiger partial charge < -0.3 is 4.74 Å². The van der Waals surface area contributed by atoms with E-state index in [4.69, 9.17) is 4.74 Å². The first kappa shape index (κ1) is 14.2. The SMILES string of the molecule is [CH2-]C(=O)O[C@@H](CC)Cc1ccccc1.[W]. The van der Waals surface area contributed by atoms with Gasteiger partial charge in [-0.3, -0.25) is 11.7 Å². The second-order valence-corrected chi connectivity index (χ2v) is 3.21. The Morgan fingerprint density at radius 2 is 2.00 bits per heavy atom. The summed E-state index contributed by atoms with van der Waals surface area (Å²) in [5.41, 5.74) is 1.18. The molecule has 0 saturated heterocycles. The number of carbonyl (C=O) groups is 1. The van der Waals surface area contributed by atoms with Crippen LogP contribution in [0.25, 0.3) is 0 Å². The van der Waals surface area contributed by atoms with Gasteiger partial charge in [-0.05, 0) is 12.0 Å². The van der Waals surface area contributed by atoms with Crippen molar-refractivity contribution in [2.75, 3.05) is 0 Å². The van der Waals surface area contributed by atoms with Crippen LogP contribution in [0.4, 0.5) is 0 Å². The van der Waals surface area contributed by atoms with Gasteiger partial charge in [0.1, 0.15) is 6.10 Å².